The van der Waals surface area contributed by atoms with E-state index < -0.39 is 18.0 Å². The Balaban J connectivity index is 1.53. The molecule has 0 aromatic heterocycles. The zero-order chi connectivity index (χ0) is 26.1. The van der Waals surface area contributed by atoms with Crippen LogP contribution in [0.15, 0.2) is 48.5 Å². The standard InChI is InChI=1S/C27H33ClN4O4/c1-26(2)15-27(3,4)17-31(16-26)23(33)13-32-21-10-5-6-11-22(21)36-14-20(24(32)34)30-25(35)29-19-9-7-8-18(28)12-19/h5-12,20H,13-17H2,1-4H3,(H2,29,30,35). The van der Waals surface area contributed by atoms with Gasteiger partial charge >= 0.3 is 6.03 Å². The van der Waals surface area contributed by atoms with Gasteiger partial charge in [-0.25, -0.2) is 4.79 Å². The zero-order valence-corrected chi connectivity index (χ0v) is 21.9. The third-order valence-corrected chi connectivity index (χ3v) is 6.59. The summed E-state index contributed by atoms with van der Waals surface area (Å²) in [7, 11) is 0. The predicted molar refractivity (Wildman–Crippen MR) is 140 cm³/mol. The van der Waals surface area contributed by atoms with Crippen LogP contribution in [-0.4, -0.2) is 55.0 Å². The Labute approximate surface area is 216 Å². The number of likely N-dealkylation sites (tertiary alicyclic amines) is 1. The van der Waals surface area contributed by atoms with Crippen molar-refractivity contribution in [3.05, 3.63) is 53.6 Å². The number of ether oxygens (including phenoxy) is 1. The van der Waals surface area contributed by atoms with Crippen LogP contribution >= 0.6 is 11.6 Å². The van der Waals surface area contributed by atoms with Crippen LogP contribution in [0, 0.1) is 10.8 Å². The molecule has 2 aromatic rings. The number of rotatable bonds is 4. The molecule has 9 heteroatoms. The zero-order valence-electron chi connectivity index (χ0n) is 21.1. The molecular formula is C27H33ClN4O4. The maximum Gasteiger partial charge on any atom is 0.320 e. The number of halogens is 1. The van der Waals surface area contributed by atoms with Crippen molar-refractivity contribution in [2.24, 2.45) is 10.8 Å². The molecule has 1 saturated heterocycles. The summed E-state index contributed by atoms with van der Waals surface area (Å²) in [5.41, 5.74) is 0.951. The number of anilines is 2. The summed E-state index contributed by atoms with van der Waals surface area (Å²) in [6, 6.07) is 12.2. The first kappa shape index (κ1) is 25.8. The molecule has 0 spiro atoms. The molecule has 1 atom stereocenters. The molecule has 2 N–H and O–H groups in total. The van der Waals surface area contributed by atoms with E-state index >= 15 is 0 Å². The second-order valence-electron chi connectivity index (χ2n) is 11.1. The molecule has 36 heavy (non-hydrogen) atoms. The first-order valence-corrected chi connectivity index (χ1v) is 12.4. The minimum Gasteiger partial charge on any atom is -0.489 e. The number of benzene rings is 2. The Morgan fingerprint density at radius 3 is 2.44 bits per heavy atom. The van der Waals surface area contributed by atoms with Gasteiger partial charge in [0.1, 0.15) is 24.9 Å². The fourth-order valence-corrected chi connectivity index (χ4v) is 5.61. The van der Waals surface area contributed by atoms with Crippen molar-refractivity contribution in [1.29, 1.82) is 0 Å². The number of amides is 4. The number of carbonyl (C=O) groups is 3. The number of piperidine rings is 1. The molecule has 0 aliphatic carbocycles. The van der Waals surface area contributed by atoms with Gasteiger partial charge in [-0.15, -0.1) is 0 Å². The molecule has 1 unspecified atom stereocenters. The van der Waals surface area contributed by atoms with Crippen molar-refractivity contribution in [2.45, 2.75) is 40.2 Å². The van der Waals surface area contributed by atoms with Crippen LogP contribution in [-0.2, 0) is 9.59 Å². The lowest BCUT2D eigenvalue weighted by molar-refractivity contribution is -0.137. The summed E-state index contributed by atoms with van der Waals surface area (Å²) in [6.45, 7) is 9.69. The van der Waals surface area contributed by atoms with Crippen LogP contribution in [0.4, 0.5) is 16.2 Å². The fraction of sp³-hybridized carbons (Fsp3) is 0.444. The summed E-state index contributed by atoms with van der Waals surface area (Å²) in [5.74, 6) is -0.0643. The second-order valence-corrected chi connectivity index (χ2v) is 11.6. The van der Waals surface area contributed by atoms with E-state index in [0.29, 0.717) is 35.2 Å². The van der Waals surface area contributed by atoms with Crippen molar-refractivity contribution in [2.75, 3.05) is 36.5 Å². The number of hydrogen-bond acceptors (Lipinski definition) is 4. The molecule has 1 fully saturated rings. The van der Waals surface area contributed by atoms with Gasteiger partial charge in [-0.3, -0.25) is 14.5 Å². The number of carbonyl (C=O) groups excluding carboxylic acids is 3. The van der Waals surface area contributed by atoms with Crippen molar-refractivity contribution in [3.63, 3.8) is 0 Å². The summed E-state index contributed by atoms with van der Waals surface area (Å²) < 4.78 is 5.87. The van der Waals surface area contributed by atoms with Crippen LogP contribution in [0.5, 0.6) is 5.75 Å². The second kappa shape index (κ2) is 10.0. The predicted octanol–water partition coefficient (Wildman–Crippen LogP) is 4.54. The minimum atomic E-state index is -0.987. The van der Waals surface area contributed by atoms with Crippen LogP contribution in [0.3, 0.4) is 0 Å². The normalized spacial score (nSPS) is 20.6. The maximum absolute atomic E-state index is 13.6. The Hall–Kier alpha value is -3.26. The van der Waals surface area contributed by atoms with E-state index in [0.717, 1.165) is 6.42 Å². The Kier molecular flexibility index (Phi) is 7.18. The molecule has 2 aliphatic heterocycles. The van der Waals surface area contributed by atoms with E-state index in [4.69, 9.17) is 16.3 Å². The SMILES string of the molecule is CC1(C)CN(C(=O)CN2C(=O)C(NC(=O)Nc3cccc(Cl)c3)COc3ccccc32)CC(C)(C)C1. The molecule has 2 aromatic carbocycles. The number of urea groups is 1. The molecule has 2 heterocycles. The van der Waals surface area contributed by atoms with Crippen LogP contribution < -0.4 is 20.3 Å². The molecule has 0 bridgehead atoms. The van der Waals surface area contributed by atoms with Crippen molar-refractivity contribution in [1.82, 2.24) is 10.2 Å². The van der Waals surface area contributed by atoms with E-state index in [1.54, 1.807) is 48.5 Å². The van der Waals surface area contributed by atoms with Gasteiger partial charge in [-0.2, -0.15) is 0 Å². The highest BCUT2D eigenvalue weighted by molar-refractivity contribution is 6.30. The van der Waals surface area contributed by atoms with Crippen molar-refractivity contribution < 1.29 is 19.1 Å². The quantitative estimate of drug-likeness (QED) is 0.629. The van der Waals surface area contributed by atoms with Gasteiger partial charge in [-0.05, 0) is 47.6 Å². The van der Waals surface area contributed by atoms with Gasteiger partial charge in [0.2, 0.25) is 5.91 Å². The third-order valence-electron chi connectivity index (χ3n) is 6.35. The summed E-state index contributed by atoms with van der Waals surface area (Å²) in [4.78, 5) is 43.1. The van der Waals surface area contributed by atoms with Crippen molar-refractivity contribution >= 4 is 40.8 Å². The van der Waals surface area contributed by atoms with E-state index in [2.05, 4.69) is 38.3 Å². The maximum atomic E-state index is 13.6. The monoisotopic (exact) mass is 512 g/mol. The van der Waals surface area contributed by atoms with Gasteiger partial charge in [0, 0.05) is 23.8 Å². The van der Waals surface area contributed by atoms with Gasteiger partial charge in [0.25, 0.3) is 5.91 Å². The Bertz CT molecular complexity index is 1150. The highest BCUT2D eigenvalue weighted by Crippen LogP contribution is 2.40. The molecule has 0 saturated carbocycles. The summed E-state index contributed by atoms with van der Waals surface area (Å²) >= 11 is 5.99. The molecule has 0 radical (unpaired) electrons. The van der Waals surface area contributed by atoms with E-state index in [9.17, 15) is 14.4 Å². The van der Waals surface area contributed by atoms with Crippen molar-refractivity contribution in [3.8, 4) is 5.75 Å². The molecule has 4 rings (SSSR count). The average molecular weight is 513 g/mol. The fourth-order valence-electron chi connectivity index (χ4n) is 5.42. The van der Waals surface area contributed by atoms with E-state index in [-0.39, 0.29) is 29.9 Å². The van der Waals surface area contributed by atoms with Gasteiger partial charge in [0.05, 0.1) is 5.69 Å². The molecular weight excluding hydrogens is 480 g/mol. The first-order valence-electron chi connectivity index (χ1n) is 12.1. The lowest BCUT2D eigenvalue weighted by Gasteiger charge is -2.47. The first-order chi connectivity index (χ1) is 16.9. The highest BCUT2D eigenvalue weighted by Gasteiger charge is 2.41. The largest absolute Gasteiger partial charge is 0.489 e. The van der Waals surface area contributed by atoms with E-state index in [1.165, 1.54) is 4.90 Å². The Morgan fingerprint density at radius 1 is 1.06 bits per heavy atom. The van der Waals surface area contributed by atoms with E-state index in [1.807, 2.05) is 4.90 Å². The van der Waals surface area contributed by atoms with Gasteiger partial charge in [0.15, 0.2) is 0 Å². The number of nitrogens with one attached hydrogen (secondary N) is 2. The number of para-hydroxylation sites is 2. The Morgan fingerprint density at radius 2 is 1.75 bits per heavy atom. The van der Waals surface area contributed by atoms with Crippen LogP contribution in [0.2, 0.25) is 5.02 Å². The highest BCUT2D eigenvalue weighted by atomic mass is 35.5. The van der Waals surface area contributed by atoms with Crippen LogP contribution in [0.1, 0.15) is 34.1 Å². The molecule has 4 amide bonds. The lowest BCUT2D eigenvalue weighted by Crippen LogP contribution is -2.56. The van der Waals surface area contributed by atoms with Gasteiger partial charge in [-0.1, -0.05) is 57.5 Å². The third kappa shape index (κ3) is 6.10. The van der Waals surface area contributed by atoms with Gasteiger partial charge < -0.3 is 20.3 Å². The molecule has 192 valence electrons. The summed E-state index contributed by atoms with van der Waals surface area (Å²) in [5, 5.41) is 5.85. The number of nitrogens with zero attached hydrogens (tertiary/aromatic N) is 2. The lowest BCUT2D eigenvalue weighted by atomic mass is 9.71. The number of hydrogen-bond donors (Lipinski definition) is 2. The topological polar surface area (TPSA) is 91.0 Å². The number of fused-ring (bicyclic) bond motifs is 1. The smallest absolute Gasteiger partial charge is 0.320 e. The summed E-state index contributed by atoms with van der Waals surface area (Å²) in [6.07, 6.45) is 1.01. The molecule has 8 nitrogen and oxygen atoms in total. The minimum absolute atomic E-state index is 0.0241. The van der Waals surface area contributed by atoms with Crippen LogP contribution in [0.25, 0.3) is 0 Å². The molecule has 2 aliphatic rings. The average Bonchev–Trinajstić information content (AvgIpc) is 2.89.